The fourth-order valence-electron chi connectivity index (χ4n) is 2.84. The molecule has 0 aliphatic rings. The molecule has 0 radical (unpaired) electrons. The van der Waals surface area contributed by atoms with Crippen LogP contribution in [0.15, 0.2) is 66.7 Å². The monoisotopic (exact) mass is 369 g/mol. The topological polar surface area (TPSA) is 40.1 Å². The van der Waals surface area contributed by atoms with Crippen molar-refractivity contribution in [2.24, 2.45) is 0 Å². The average molecular weight is 370 g/mol. The first-order valence-corrected chi connectivity index (χ1v) is 8.64. The Labute approximate surface area is 156 Å². The van der Waals surface area contributed by atoms with E-state index >= 15 is 0 Å². The van der Waals surface area contributed by atoms with Gasteiger partial charge >= 0.3 is 0 Å². The van der Waals surface area contributed by atoms with Gasteiger partial charge in [0.15, 0.2) is 0 Å². The minimum Gasteiger partial charge on any atom is -0.550 e. The van der Waals surface area contributed by atoms with Gasteiger partial charge in [-0.1, -0.05) is 77.8 Å². The lowest BCUT2D eigenvalue weighted by atomic mass is 9.94. The molecule has 0 aromatic heterocycles. The molecule has 2 nitrogen and oxygen atoms in total. The molecule has 0 bridgehead atoms. The Morgan fingerprint density at radius 1 is 0.840 bits per heavy atom. The summed E-state index contributed by atoms with van der Waals surface area (Å²) >= 11 is 12.5. The van der Waals surface area contributed by atoms with Gasteiger partial charge < -0.3 is 9.90 Å². The van der Waals surface area contributed by atoms with Crippen LogP contribution >= 0.6 is 23.2 Å². The van der Waals surface area contributed by atoms with Crippen LogP contribution < -0.4 is 5.11 Å². The standard InChI is InChI=1S/C21H16Cl2O2/c22-19-10-4-9-18(21(19)23)16-7-3-6-15(13-16)17-8-2-1-5-14(17)11-12-20(24)25/h1-10,13H,11-12H2,(H,24,25)/p-1. The first-order valence-electron chi connectivity index (χ1n) is 7.89. The maximum Gasteiger partial charge on any atom is 0.0670 e. The molecule has 126 valence electrons. The molecule has 4 heteroatoms. The number of hydrogen-bond donors (Lipinski definition) is 0. The number of carboxylic acids is 1. The van der Waals surface area contributed by atoms with Crippen LogP contribution in [0.3, 0.4) is 0 Å². The third kappa shape index (κ3) is 4.04. The molecule has 25 heavy (non-hydrogen) atoms. The average Bonchev–Trinajstić information content (AvgIpc) is 2.62. The zero-order valence-electron chi connectivity index (χ0n) is 13.3. The van der Waals surface area contributed by atoms with E-state index in [0.29, 0.717) is 16.5 Å². The molecule has 0 spiro atoms. The molecule has 0 N–H and O–H groups in total. The molecule has 3 aromatic rings. The second kappa shape index (κ2) is 7.73. The molecule has 0 fully saturated rings. The fraction of sp³-hybridized carbons (Fsp3) is 0.0952. The van der Waals surface area contributed by atoms with Crippen LogP contribution in [0.1, 0.15) is 12.0 Å². The summed E-state index contributed by atoms with van der Waals surface area (Å²) in [4.78, 5) is 10.8. The summed E-state index contributed by atoms with van der Waals surface area (Å²) in [7, 11) is 0. The van der Waals surface area contributed by atoms with E-state index in [1.54, 1.807) is 6.07 Å². The lowest BCUT2D eigenvalue weighted by Crippen LogP contribution is -2.22. The Bertz CT molecular complexity index is 919. The van der Waals surface area contributed by atoms with Crippen molar-refractivity contribution >= 4 is 29.2 Å². The van der Waals surface area contributed by atoms with Crippen LogP contribution in [-0.2, 0) is 11.2 Å². The molecule has 0 amide bonds. The van der Waals surface area contributed by atoms with Gasteiger partial charge in [0.05, 0.1) is 10.0 Å². The summed E-state index contributed by atoms with van der Waals surface area (Å²) in [5.74, 6) is -1.05. The van der Waals surface area contributed by atoms with Gasteiger partial charge in [-0.25, -0.2) is 0 Å². The van der Waals surface area contributed by atoms with Gasteiger partial charge in [0, 0.05) is 11.5 Å². The van der Waals surface area contributed by atoms with Crippen molar-refractivity contribution < 1.29 is 9.90 Å². The van der Waals surface area contributed by atoms with Crippen LogP contribution in [-0.4, -0.2) is 5.97 Å². The summed E-state index contributed by atoms with van der Waals surface area (Å²) in [6, 6.07) is 21.3. The van der Waals surface area contributed by atoms with Crippen molar-refractivity contribution in [3.8, 4) is 22.3 Å². The fourth-order valence-corrected chi connectivity index (χ4v) is 3.25. The number of aliphatic carboxylic acids is 1. The second-order valence-electron chi connectivity index (χ2n) is 5.71. The van der Waals surface area contributed by atoms with Crippen molar-refractivity contribution in [3.63, 3.8) is 0 Å². The van der Waals surface area contributed by atoms with E-state index in [1.165, 1.54) is 0 Å². The zero-order chi connectivity index (χ0) is 17.8. The third-order valence-corrected chi connectivity index (χ3v) is 4.87. The molecule has 0 atom stereocenters. The smallest absolute Gasteiger partial charge is 0.0670 e. The van der Waals surface area contributed by atoms with Crippen molar-refractivity contribution in [2.45, 2.75) is 12.8 Å². The van der Waals surface area contributed by atoms with Gasteiger partial charge in [-0.2, -0.15) is 0 Å². The van der Waals surface area contributed by atoms with Crippen LogP contribution in [0.2, 0.25) is 10.0 Å². The van der Waals surface area contributed by atoms with Crippen LogP contribution in [0.5, 0.6) is 0 Å². The number of rotatable bonds is 5. The van der Waals surface area contributed by atoms with Gasteiger partial charge in [0.2, 0.25) is 0 Å². The minimum absolute atomic E-state index is 0.00315. The predicted molar refractivity (Wildman–Crippen MR) is 101 cm³/mol. The van der Waals surface area contributed by atoms with Crippen LogP contribution in [0, 0.1) is 0 Å². The number of carbonyl (C=O) groups excluding carboxylic acids is 1. The van der Waals surface area contributed by atoms with E-state index in [2.05, 4.69) is 0 Å². The number of carbonyl (C=O) groups is 1. The zero-order valence-corrected chi connectivity index (χ0v) is 14.8. The highest BCUT2D eigenvalue weighted by atomic mass is 35.5. The molecule has 0 unspecified atom stereocenters. The first-order chi connectivity index (χ1) is 12.1. The van der Waals surface area contributed by atoms with E-state index in [-0.39, 0.29) is 6.42 Å². The van der Waals surface area contributed by atoms with Crippen molar-refractivity contribution in [3.05, 3.63) is 82.3 Å². The number of benzene rings is 3. The van der Waals surface area contributed by atoms with Gasteiger partial charge in [-0.15, -0.1) is 0 Å². The van der Waals surface area contributed by atoms with Gasteiger partial charge in [-0.3, -0.25) is 0 Å². The number of hydrogen-bond acceptors (Lipinski definition) is 2. The van der Waals surface area contributed by atoms with Crippen molar-refractivity contribution in [1.82, 2.24) is 0 Å². The second-order valence-corrected chi connectivity index (χ2v) is 6.50. The minimum atomic E-state index is -1.05. The van der Waals surface area contributed by atoms with E-state index in [1.807, 2.05) is 60.7 Å². The molecule has 3 aromatic carbocycles. The van der Waals surface area contributed by atoms with E-state index < -0.39 is 5.97 Å². The van der Waals surface area contributed by atoms with Crippen molar-refractivity contribution in [1.29, 1.82) is 0 Å². The quantitative estimate of drug-likeness (QED) is 0.633. The first kappa shape index (κ1) is 17.5. The number of carboxylic acid groups (broad SMARTS) is 1. The normalized spacial score (nSPS) is 10.6. The Kier molecular flexibility index (Phi) is 5.42. The third-order valence-electron chi connectivity index (χ3n) is 4.05. The number of halogens is 2. The molecule has 0 aliphatic heterocycles. The van der Waals surface area contributed by atoms with E-state index in [0.717, 1.165) is 27.8 Å². The lowest BCUT2D eigenvalue weighted by molar-refractivity contribution is -0.305. The highest BCUT2D eigenvalue weighted by Crippen LogP contribution is 2.35. The molecule has 0 saturated carbocycles. The highest BCUT2D eigenvalue weighted by Gasteiger charge is 2.10. The van der Waals surface area contributed by atoms with E-state index in [9.17, 15) is 9.90 Å². The Balaban J connectivity index is 2.03. The Morgan fingerprint density at radius 3 is 2.24 bits per heavy atom. The summed E-state index contributed by atoms with van der Waals surface area (Å²) in [6.07, 6.45) is 0.428. The molecule has 0 aliphatic carbocycles. The molecule has 3 rings (SSSR count). The molecule has 0 saturated heterocycles. The summed E-state index contributed by atoms with van der Waals surface area (Å²) in [6.45, 7) is 0. The molecular formula is C21H15Cl2O2-. The number of aryl methyl sites for hydroxylation is 1. The largest absolute Gasteiger partial charge is 0.550 e. The predicted octanol–water partition coefficient (Wildman–Crippen LogP) is 5.01. The van der Waals surface area contributed by atoms with E-state index in [4.69, 9.17) is 23.2 Å². The maximum atomic E-state index is 10.8. The SMILES string of the molecule is O=C([O-])CCc1ccccc1-c1cccc(-c2cccc(Cl)c2Cl)c1. The Morgan fingerprint density at radius 2 is 1.48 bits per heavy atom. The Hall–Kier alpha value is -2.29. The lowest BCUT2D eigenvalue weighted by Gasteiger charge is -2.12. The van der Waals surface area contributed by atoms with Gasteiger partial charge in [0.1, 0.15) is 0 Å². The van der Waals surface area contributed by atoms with Gasteiger partial charge in [0.25, 0.3) is 0 Å². The van der Waals surface area contributed by atoms with Crippen LogP contribution in [0.4, 0.5) is 0 Å². The van der Waals surface area contributed by atoms with Gasteiger partial charge in [-0.05, 0) is 47.2 Å². The summed E-state index contributed by atoms with van der Waals surface area (Å²) < 4.78 is 0. The molecule has 0 heterocycles. The van der Waals surface area contributed by atoms with Crippen molar-refractivity contribution in [2.75, 3.05) is 0 Å². The summed E-state index contributed by atoms with van der Waals surface area (Å²) in [5.41, 5.74) is 4.80. The maximum absolute atomic E-state index is 10.8. The highest BCUT2D eigenvalue weighted by molar-refractivity contribution is 6.43. The molecular weight excluding hydrogens is 355 g/mol. The van der Waals surface area contributed by atoms with Crippen LogP contribution in [0.25, 0.3) is 22.3 Å². The summed E-state index contributed by atoms with van der Waals surface area (Å²) in [5, 5.41) is 11.8.